The number of nitrogens with zero attached hydrogens (tertiary/aromatic N) is 1. The van der Waals surface area contributed by atoms with Gasteiger partial charge in [-0.3, -0.25) is 0 Å². The molecule has 0 radical (unpaired) electrons. The second-order valence-electron chi connectivity index (χ2n) is 6.17. The monoisotopic (exact) mass is 284 g/mol. The van der Waals surface area contributed by atoms with E-state index in [-0.39, 0.29) is 19.1 Å². The zero-order chi connectivity index (χ0) is 14.7. The Labute approximate surface area is 119 Å². The Balaban J connectivity index is 1.80. The number of fused-ring (bicyclic) bond motifs is 2. The molecule has 0 aromatic carbocycles. The van der Waals surface area contributed by atoms with Gasteiger partial charge in [-0.2, -0.15) is 0 Å². The number of aliphatic carboxylic acids is 1. The third-order valence-corrected chi connectivity index (χ3v) is 4.75. The highest BCUT2D eigenvalue weighted by molar-refractivity contribution is 5.82. The van der Waals surface area contributed by atoms with Crippen molar-refractivity contribution in [2.75, 3.05) is 20.2 Å². The highest BCUT2D eigenvalue weighted by Gasteiger charge is 2.40. The van der Waals surface area contributed by atoms with Gasteiger partial charge in [-0.05, 0) is 37.0 Å². The number of carboxylic acids is 1. The van der Waals surface area contributed by atoms with Crippen LogP contribution in [-0.4, -0.2) is 53.4 Å². The molecule has 0 spiro atoms. The Morgan fingerprint density at radius 2 is 2.10 bits per heavy atom. The molecular weight excluding hydrogens is 260 g/mol. The summed E-state index contributed by atoms with van der Waals surface area (Å²) >= 11 is 0. The summed E-state index contributed by atoms with van der Waals surface area (Å²) in [6.45, 7) is 0.436. The highest BCUT2D eigenvalue weighted by atomic mass is 16.4. The van der Waals surface area contributed by atoms with Crippen molar-refractivity contribution in [2.45, 2.75) is 38.1 Å². The van der Waals surface area contributed by atoms with E-state index >= 15 is 0 Å². The summed E-state index contributed by atoms with van der Waals surface area (Å²) < 4.78 is 0. The second-order valence-corrected chi connectivity index (χ2v) is 6.17. The maximum atomic E-state index is 12.0. The molecule has 6 nitrogen and oxygen atoms in total. The van der Waals surface area contributed by atoms with Gasteiger partial charge in [-0.25, -0.2) is 9.59 Å². The first-order valence-corrected chi connectivity index (χ1v) is 7.36. The molecular formula is C14H24N2O4. The van der Waals surface area contributed by atoms with Crippen LogP contribution in [0.5, 0.6) is 0 Å². The molecule has 4 atom stereocenters. The zero-order valence-corrected chi connectivity index (χ0v) is 11.9. The van der Waals surface area contributed by atoms with Gasteiger partial charge < -0.3 is 20.4 Å². The molecule has 2 amide bonds. The molecule has 3 unspecified atom stereocenters. The predicted octanol–water partition coefficient (Wildman–Crippen LogP) is 0.900. The number of carbonyl (C=O) groups is 2. The van der Waals surface area contributed by atoms with Gasteiger partial charge in [0.25, 0.3) is 0 Å². The largest absolute Gasteiger partial charge is 0.480 e. The highest BCUT2D eigenvalue weighted by Crippen LogP contribution is 2.48. The number of rotatable bonds is 6. The van der Waals surface area contributed by atoms with E-state index in [0.717, 1.165) is 11.8 Å². The topological polar surface area (TPSA) is 89.9 Å². The Kier molecular flexibility index (Phi) is 4.86. The third kappa shape index (κ3) is 3.42. The Bertz CT molecular complexity index is 374. The first kappa shape index (κ1) is 15.1. The van der Waals surface area contributed by atoms with Crippen LogP contribution in [0.3, 0.4) is 0 Å². The second kappa shape index (κ2) is 6.43. The molecule has 0 aromatic rings. The van der Waals surface area contributed by atoms with Gasteiger partial charge in [-0.15, -0.1) is 0 Å². The lowest BCUT2D eigenvalue weighted by Crippen LogP contribution is -2.48. The smallest absolute Gasteiger partial charge is 0.326 e. The lowest BCUT2D eigenvalue weighted by Gasteiger charge is -2.28. The van der Waals surface area contributed by atoms with Crippen LogP contribution in [0.2, 0.25) is 0 Å². The fraction of sp³-hybridized carbons (Fsp3) is 0.857. The number of nitrogens with one attached hydrogen (secondary N) is 1. The maximum absolute atomic E-state index is 12.0. The van der Waals surface area contributed by atoms with Crippen LogP contribution < -0.4 is 5.32 Å². The van der Waals surface area contributed by atoms with Gasteiger partial charge in [-0.1, -0.05) is 6.42 Å². The number of hydrogen-bond acceptors (Lipinski definition) is 3. The van der Waals surface area contributed by atoms with E-state index in [0.29, 0.717) is 12.5 Å². The summed E-state index contributed by atoms with van der Waals surface area (Å²) in [5, 5.41) is 20.2. The maximum Gasteiger partial charge on any atom is 0.326 e. The van der Waals surface area contributed by atoms with Crippen molar-refractivity contribution in [3.63, 3.8) is 0 Å². The minimum absolute atomic E-state index is 0.0308. The van der Waals surface area contributed by atoms with Gasteiger partial charge in [0.2, 0.25) is 0 Å². The number of amides is 2. The molecule has 2 rings (SSSR count). The summed E-state index contributed by atoms with van der Waals surface area (Å²) in [6.07, 6.45) is 5.12. The summed E-state index contributed by atoms with van der Waals surface area (Å²) in [6, 6.07) is -1.39. The fourth-order valence-corrected chi connectivity index (χ4v) is 3.68. The van der Waals surface area contributed by atoms with E-state index in [4.69, 9.17) is 10.2 Å². The third-order valence-electron chi connectivity index (χ3n) is 4.75. The van der Waals surface area contributed by atoms with Gasteiger partial charge >= 0.3 is 12.0 Å². The van der Waals surface area contributed by atoms with Crippen LogP contribution in [0, 0.1) is 17.8 Å². The van der Waals surface area contributed by atoms with Crippen molar-refractivity contribution >= 4 is 12.0 Å². The molecule has 0 saturated heterocycles. The summed E-state index contributed by atoms with van der Waals surface area (Å²) in [7, 11) is 1.71. The van der Waals surface area contributed by atoms with E-state index in [1.54, 1.807) is 11.9 Å². The standard InChI is InChI=1S/C14H24N2O4/c1-16(8-11-7-9-2-3-10(11)6-9)14(20)15-12(4-5-17)13(18)19/h9-12,17H,2-8H2,1H3,(H,15,20)(H,18,19)/t9?,10?,11?,12-/m1/s1. The van der Waals surface area contributed by atoms with Crippen molar-refractivity contribution in [3.05, 3.63) is 0 Å². The van der Waals surface area contributed by atoms with Crippen LogP contribution in [0.25, 0.3) is 0 Å². The first-order valence-electron chi connectivity index (χ1n) is 7.36. The van der Waals surface area contributed by atoms with E-state index in [1.165, 1.54) is 25.7 Å². The quantitative estimate of drug-likeness (QED) is 0.676. The Morgan fingerprint density at radius 3 is 2.60 bits per heavy atom. The van der Waals surface area contributed by atoms with Crippen molar-refractivity contribution in [1.29, 1.82) is 0 Å². The number of aliphatic hydroxyl groups excluding tert-OH is 1. The number of urea groups is 1. The Hall–Kier alpha value is -1.30. The zero-order valence-electron chi connectivity index (χ0n) is 11.9. The van der Waals surface area contributed by atoms with E-state index < -0.39 is 12.0 Å². The molecule has 20 heavy (non-hydrogen) atoms. The molecule has 2 aliphatic carbocycles. The van der Waals surface area contributed by atoms with Gasteiger partial charge in [0.1, 0.15) is 6.04 Å². The van der Waals surface area contributed by atoms with Crippen molar-refractivity contribution in [3.8, 4) is 0 Å². The van der Waals surface area contributed by atoms with Gasteiger partial charge in [0, 0.05) is 26.6 Å². The van der Waals surface area contributed by atoms with Gasteiger partial charge in [0.15, 0.2) is 0 Å². The minimum atomic E-state index is -1.11. The van der Waals surface area contributed by atoms with Crippen molar-refractivity contribution in [1.82, 2.24) is 10.2 Å². The molecule has 2 fully saturated rings. The number of hydrogen-bond donors (Lipinski definition) is 3. The summed E-state index contributed by atoms with van der Waals surface area (Å²) in [5.41, 5.74) is 0. The minimum Gasteiger partial charge on any atom is -0.480 e. The molecule has 3 N–H and O–H groups in total. The molecule has 6 heteroatoms. The molecule has 2 saturated carbocycles. The average Bonchev–Trinajstić information content (AvgIpc) is 3.00. The lowest BCUT2D eigenvalue weighted by atomic mass is 9.88. The normalized spacial score (nSPS) is 29.2. The summed E-state index contributed by atoms with van der Waals surface area (Å²) in [4.78, 5) is 24.5. The van der Waals surface area contributed by atoms with Crippen LogP contribution in [-0.2, 0) is 4.79 Å². The van der Waals surface area contributed by atoms with E-state index in [1.807, 2.05) is 0 Å². The predicted molar refractivity (Wildman–Crippen MR) is 73.2 cm³/mol. The van der Waals surface area contributed by atoms with Crippen molar-refractivity contribution in [2.24, 2.45) is 17.8 Å². The van der Waals surface area contributed by atoms with Crippen LogP contribution >= 0.6 is 0 Å². The SMILES string of the molecule is CN(CC1CC2CCC1C2)C(=O)N[C@H](CCO)C(=O)O. The molecule has 2 aliphatic rings. The first-order chi connectivity index (χ1) is 9.51. The molecule has 0 aliphatic heterocycles. The van der Waals surface area contributed by atoms with E-state index in [9.17, 15) is 9.59 Å². The molecule has 114 valence electrons. The fourth-order valence-electron chi connectivity index (χ4n) is 3.68. The summed E-state index contributed by atoms with van der Waals surface area (Å²) in [5.74, 6) is 1.02. The number of carbonyl (C=O) groups excluding carboxylic acids is 1. The van der Waals surface area contributed by atoms with Crippen LogP contribution in [0.1, 0.15) is 32.1 Å². The Morgan fingerprint density at radius 1 is 1.35 bits per heavy atom. The average molecular weight is 284 g/mol. The lowest BCUT2D eigenvalue weighted by molar-refractivity contribution is -0.139. The molecule has 0 aromatic heterocycles. The van der Waals surface area contributed by atoms with Crippen LogP contribution in [0.4, 0.5) is 4.79 Å². The number of carboxylic acid groups (broad SMARTS) is 1. The van der Waals surface area contributed by atoms with Crippen molar-refractivity contribution < 1.29 is 19.8 Å². The molecule has 0 heterocycles. The van der Waals surface area contributed by atoms with E-state index in [2.05, 4.69) is 5.32 Å². The van der Waals surface area contributed by atoms with Crippen LogP contribution in [0.15, 0.2) is 0 Å². The molecule has 2 bridgehead atoms. The van der Waals surface area contributed by atoms with Gasteiger partial charge in [0.05, 0.1) is 0 Å². The number of aliphatic hydroxyl groups is 1.